The summed E-state index contributed by atoms with van der Waals surface area (Å²) < 4.78 is 1.63. The first-order chi connectivity index (χ1) is 14.5. The van der Waals surface area contributed by atoms with Crippen molar-refractivity contribution >= 4 is 28.6 Å². The first-order valence-electron chi connectivity index (χ1n) is 10.6. The minimum absolute atomic E-state index is 0.0106. The molecule has 0 spiro atoms. The predicted molar refractivity (Wildman–Crippen MR) is 123 cm³/mol. The van der Waals surface area contributed by atoms with E-state index in [9.17, 15) is 9.59 Å². The lowest BCUT2D eigenvalue weighted by molar-refractivity contribution is -0.120. The Morgan fingerprint density at radius 1 is 1.17 bits per heavy atom. The molecule has 2 aromatic carbocycles. The van der Waals surface area contributed by atoms with Crippen molar-refractivity contribution in [3.8, 4) is 5.69 Å². The van der Waals surface area contributed by atoms with Crippen LogP contribution in [-0.4, -0.2) is 26.8 Å². The number of nitrogens with zero attached hydrogens (tertiary/aromatic N) is 2. The number of nitrogens with one attached hydrogen (secondary N) is 1. The number of carbonyl (C=O) groups excluding carboxylic acids is 1. The van der Waals surface area contributed by atoms with Crippen LogP contribution < -0.4 is 10.9 Å². The second-order valence-electron chi connectivity index (χ2n) is 8.00. The summed E-state index contributed by atoms with van der Waals surface area (Å²) in [5.41, 5.74) is 2.54. The standard InChI is InChI=1S/C24H27N3O2S/c1-4-15(2)17-9-13-19(14-10-17)27-23(29)20-7-5-6-8-21(20)26-24(27)30-16(3)22(28)25-18-11-12-18/h5-10,13-16,18H,4,11-12H2,1-3H3,(H,25,28). The summed E-state index contributed by atoms with van der Waals surface area (Å²) in [4.78, 5) is 30.6. The highest BCUT2D eigenvalue weighted by atomic mass is 32.2. The molecule has 1 aliphatic rings. The van der Waals surface area contributed by atoms with Crippen LogP contribution in [0.25, 0.3) is 16.6 Å². The van der Waals surface area contributed by atoms with Gasteiger partial charge in [0, 0.05) is 6.04 Å². The second-order valence-corrected chi connectivity index (χ2v) is 9.30. The van der Waals surface area contributed by atoms with Crippen molar-refractivity contribution in [2.45, 2.75) is 62.4 Å². The zero-order valence-corrected chi connectivity index (χ0v) is 18.4. The third-order valence-corrected chi connectivity index (χ3v) is 6.71. The average molecular weight is 422 g/mol. The Balaban J connectivity index is 1.76. The largest absolute Gasteiger partial charge is 0.352 e. The van der Waals surface area contributed by atoms with Crippen LogP contribution in [0, 0.1) is 0 Å². The lowest BCUT2D eigenvalue weighted by Gasteiger charge is -2.17. The van der Waals surface area contributed by atoms with E-state index in [1.54, 1.807) is 10.6 Å². The Morgan fingerprint density at radius 3 is 2.53 bits per heavy atom. The van der Waals surface area contributed by atoms with Crippen molar-refractivity contribution < 1.29 is 4.79 Å². The molecule has 0 saturated heterocycles. The van der Waals surface area contributed by atoms with Crippen LogP contribution in [0.4, 0.5) is 0 Å². The molecule has 1 fully saturated rings. The van der Waals surface area contributed by atoms with Gasteiger partial charge in [-0.15, -0.1) is 0 Å². The SMILES string of the molecule is CCC(C)c1ccc(-n2c(SC(C)C(=O)NC3CC3)nc3ccccc3c2=O)cc1. The summed E-state index contributed by atoms with van der Waals surface area (Å²) in [5.74, 6) is 0.453. The van der Waals surface area contributed by atoms with Crippen LogP contribution in [-0.2, 0) is 4.79 Å². The highest BCUT2D eigenvalue weighted by Gasteiger charge is 2.27. The van der Waals surface area contributed by atoms with Crippen LogP contribution in [0.15, 0.2) is 58.5 Å². The fourth-order valence-corrected chi connectivity index (χ4v) is 4.30. The molecule has 0 radical (unpaired) electrons. The maximum Gasteiger partial charge on any atom is 0.266 e. The van der Waals surface area contributed by atoms with Crippen LogP contribution in [0.5, 0.6) is 0 Å². The van der Waals surface area contributed by atoms with Gasteiger partial charge in [-0.25, -0.2) is 4.98 Å². The quantitative estimate of drug-likeness (QED) is 0.445. The van der Waals surface area contributed by atoms with Gasteiger partial charge in [-0.2, -0.15) is 0 Å². The third-order valence-electron chi connectivity index (χ3n) is 5.65. The van der Waals surface area contributed by atoms with Crippen molar-refractivity contribution in [2.75, 3.05) is 0 Å². The number of hydrogen-bond acceptors (Lipinski definition) is 4. The van der Waals surface area contributed by atoms with Gasteiger partial charge >= 0.3 is 0 Å². The molecule has 3 aromatic rings. The average Bonchev–Trinajstić information content (AvgIpc) is 3.57. The highest BCUT2D eigenvalue weighted by molar-refractivity contribution is 8.00. The summed E-state index contributed by atoms with van der Waals surface area (Å²) in [5, 5.41) is 3.80. The molecular formula is C24H27N3O2S. The monoisotopic (exact) mass is 421 g/mol. The van der Waals surface area contributed by atoms with E-state index >= 15 is 0 Å². The second kappa shape index (κ2) is 8.64. The molecule has 5 nitrogen and oxygen atoms in total. The van der Waals surface area contributed by atoms with Crippen LogP contribution >= 0.6 is 11.8 Å². The van der Waals surface area contributed by atoms with Gasteiger partial charge in [-0.05, 0) is 61.9 Å². The van der Waals surface area contributed by atoms with E-state index in [0.29, 0.717) is 28.0 Å². The zero-order chi connectivity index (χ0) is 21.3. The van der Waals surface area contributed by atoms with Gasteiger partial charge in [0.2, 0.25) is 5.91 Å². The number of carbonyl (C=O) groups is 1. The molecule has 30 heavy (non-hydrogen) atoms. The molecule has 1 heterocycles. The van der Waals surface area contributed by atoms with Gasteiger partial charge in [0.15, 0.2) is 5.16 Å². The van der Waals surface area contributed by atoms with Crippen molar-refractivity contribution in [3.05, 3.63) is 64.4 Å². The summed E-state index contributed by atoms with van der Waals surface area (Å²) in [7, 11) is 0. The van der Waals surface area contributed by atoms with E-state index in [4.69, 9.17) is 4.98 Å². The normalized spacial score (nSPS) is 15.7. The number of aromatic nitrogens is 2. The molecule has 4 rings (SSSR count). The number of thioether (sulfide) groups is 1. The molecule has 6 heteroatoms. The molecule has 0 aliphatic heterocycles. The lowest BCUT2D eigenvalue weighted by atomic mass is 9.98. The van der Waals surface area contributed by atoms with E-state index in [1.807, 2.05) is 37.3 Å². The Hall–Kier alpha value is -2.60. The van der Waals surface area contributed by atoms with Gasteiger partial charge in [-0.1, -0.05) is 49.9 Å². The Kier molecular flexibility index (Phi) is 5.95. The minimum atomic E-state index is -0.343. The summed E-state index contributed by atoms with van der Waals surface area (Å²) in [6, 6.07) is 15.7. The van der Waals surface area contributed by atoms with E-state index in [-0.39, 0.29) is 16.7 Å². The first kappa shape index (κ1) is 20.7. The van der Waals surface area contributed by atoms with Crippen LogP contribution in [0.1, 0.15) is 51.5 Å². The number of amides is 1. The van der Waals surface area contributed by atoms with Crippen molar-refractivity contribution in [1.82, 2.24) is 14.9 Å². The Labute approximate surface area is 180 Å². The third kappa shape index (κ3) is 4.29. The van der Waals surface area contributed by atoms with Gasteiger partial charge in [0.1, 0.15) is 0 Å². The smallest absolute Gasteiger partial charge is 0.266 e. The Morgan fingerprint density at radius 2 is 1.87 bits per heavy atom. The number of benzene rings is 2. The fourth-order valence-electron chi connectivity index (χ4n) is 3.36. The molecular weight excluding hydrogens is 394 g/mol. The van der Waals surface area contributed by atoms with Crippen molar-refractivity contribution in [3.63, 3.8) is 0 Å². The Bertz CT molecular complexity index is 1120. The van der Waals surface area contributed by atoms with Crippen LogP contribution in [0.2, 0.25) is 0 Å². The molecule has 1 saturated carbocycles. The first-order valence-corrected chi connectivity index (χ1v) is 11.4. The lowest BCUT2D eigenvalue weighted by Crippen LogP contribution is -2.33. The molecule has 1 aliphatic carbocycles. The topological polar surface area (TPSA) is 64.0 Å². The zero-order valence-electron chi connectivity index (χ0n) is 17.6. The minimum Gasteiger partial charge on any atom is -0.352 e. The molecule has 1 amide bonds. The molecule has 1 aromatic heterocycles. The van der Waals surface area contributed by atoms with Gasteiger partial charge < -0.3 is 5.32 Å². The molecule has 2 unspecified atom stereocenters. The molecule has 1 N–H and O–H groups in total. The molecule has 156 valence electrons. The van der Waals surface area contributed by atoms with Crippen molar-refractivity contribution in [2.24, 2.45) is 0 Å². The van der Waals surface area contributed by atoms with Crippen LogP contribution in [0.3, 0.4) is 0 Å². The fraction of sp³-hybridized carbons (Fsp3) is 0.375. The molecule has 0 bridgehead atoms. The highest BCUT2D eigenvalue weighted by Crippen LogP contribution is 2.27. The summed E-state index contributed by atoms with van der Waals surface area (Å²) in [6.45, 7) is 6.22. The van der Waals surface area contributed by atoms with E-state index in [1.165, 1.54) is 17.3 Å². The number of hydrogen-bond donors (Lipinski definition) is 1. The summed E-state index contributed by atoms with van der Waals surface area (Å²) in [6.07, 6.45) is 3.15. The maximum absolute atomic E-state index is 13.4. The maximum atomic E-state index is 13.4. The van der Waals surface area contributed by atoms with Crippen molar-refractivity contribution in [1.29, 1.82) is 0 Å². The number of para-hydroxylation sites is 1. The van der Waals surface area contributed by atoms with Gasteiger partial charge in [0.25, 0.3) is 5.56 Å². The molecule has 2 atom stereocenters. The number of rotatable bonds is 7. The van der Waals surface area contributed by atoms with E-state index in [0.717, 1.165) is 24.9 Å². The van der Waals surface area contributed by atoms with Gasteiger partial charge in [-0.3, -0.25) is 14.2 Å². The van der Waals surface area contributed by atoms with Gasteiger partial charge in [0.05, 0.1) is 21.8 Å². The number of fused-ring (bicyclic) bond motifs is 1. The summed E-state index contributed by atoms with van der Waals surface area (Å²) >= 11 is 1.33. The van der Waals surface area contributed by atoms with E-state index < -0.39 is 0 Å². The van der Waals surface area contributed by atoms with E-state index in [2.05, 4.69) is 31.3 Å². The predicted octanol–water partition coefficient (Wildman–Crippen LogP) is 4.66.